The van der Waals surface area contributed by atoms with Gasteiger partial charge in [0.05, 0.1) is 23.9 Å². The Balaban J connectivity index is 2.39. The minimum Gasteiger partial charge on any atom is -0.464 e. The molecule has 2 rings (SSSR count). The zero-order valence-corrected chi connectivity index (χ0v) is 17.5. The number of esters is 1. The molecule has 32 heavy (non-hydrogen) atoms. The normalized spacial score (nSPS) is 12.5. The number of benzene rings is 2. The summed E-state index contributed by atoms with van der Waals surface area (Å²) < 4.78 is 71.8. The summed E-state index contributed by atoms with van der Waals surface area (Å²) in [6.45, 7) is 2.51. The van der Waals surface area contributed by atoms with Crippen LogP contribution in [0.2, 0.25) is 0 Å². The number of alkyl halides is 3. The Morgan fingerprint density at radius 1 is 1.06 bits per heavy atom. The third-order valence-electron chi connectivity index (χ3n) is 4.40. The Bertz CT molecular complexity index is 1060. The molecule has 0 N–H and O–H groups in total. The summed E-state index contributed by atoms with van der Waals surface area (Å²) in [6, 6.07) is 5.70. The Kier molecular flexibility index (Phi) is 7.90. The maximum absolute atomic E-state index is 14.3. The lowest BCUT2D eigenvalue weighted by Gasteiger charge is -2.13. The summed E-state index contributed by atoms with van der Waals surface area (Å²) in [5.74, 6) is -3.80. The van der Waals surface area contributed by atoms with Crippen molar-refractivity contribution in [2.75, 3.05) is 14.2 Å². The predicted octanol–water partition coefficient (Wildman–Crippen LogP) is 4.76. The maximum atomic E-state index is 14.3. The first-order valence-corrected chi connectivity index (χ1v) is 9.03. The first kappa shape index (κ1) is 24.8. The molecule has 0 amide bonds. The van der Waals surface area contributed by atoms with Gasteiger partial charge in [-0.3, -0.25) is 0 Å². The van der Waals surface area contributed by atoms with Crippen LogP contribution in [-0.2, 0) is 32.0 Å². The molecule has 0 radical (unpaired) electrons. The molecule has 0 atom stereocenters. The van der Waals surface area contributed by atoms with Crippen molar-refractivity contribution in [3.8, 4) is 0 Å². The van der Waals surface area contributed by atoms with Crippen LogP contribution >= 0.6 is 0 Å². The van der Waals surface area contributed by atoms with Gasteiger partial charge in [0.25, 0.3) is 0 Å². The van der Waals surface area contributed by atoms with Crippen LogP contribution in [0.5, 0.6) is 0 Å². The number of carbonyl (C=O) groups is 1. The molecule has 0 fully saturated rings. The minimum atomic E-state index is -5.01. The highest BCUT2D eigenvalue weighted by Crippen LogP contribution is 2.33. The van der Waals surface area contributed by atoms with Crippen molar-refractivity contribution in [3.63, 3.8) is 0 Å². The third kappa shape index (κ3) is 5.40. The molecule has 0 unspecified atom stereocenters. The lowest BCUT2D eigenvalue weighted by atomic mass is 9.99. The number of nitrogens with zero attached hydrogens (tertiary/aromatic N) is 2. The highest BCUT2D eigenvalue weighted by Gasteiger charge is 2.36. The summed E-state index contributed by atoms with van der Waals surface area (Å²) >= 11 is 0. The molecule has 0 saturated heterocycles. The lowest BCUT2D eigenvalue weighted by molar-refractivity contribution is -0.140. The van der Waals surface area contributed by atoms with E-state index in [2.05, 4.69) is 19.9 Å². The van der Waals surface area contributed by atoms with Crippen LogP contribution in [-0.4, -0.2) is 31.6 Å². The topological polar surface area (TPSA) is 69.5 Å². The SMILES string of the molecule is CO/N=C(/C(=O)OC)c1cccc(C)c1CO/N=C(\C)c1c(F)ccc(C(F)(F)F)c1F. The fourth-order valence-electron chi connectivity index (χ4n) is 2.84. The minimum absolute atomic E-state index is 0.159. The fraction of sp³-hybridized carbons (Fsp3) is 0.286. The van der Waals surface area contributed by atoms with Crippen LogP contribution in [0.4, 0.5) is 22.0 Å². The van der Waals surface area contributed by atoms with Gasteiger partial charge >= 0.3 is 12.1 Å². The number of methoxy groups -OCH3 is 1. The standard InChI is InChI=1S/C21H19F5N2O4/c1-11-6-5-7-13(19(28-31-4)20(29)30-3)14(11)10-32-27-12(2)17-16(22)9-8-15(18(17)23)21(24,25)26/h5-9H,10H2,1-4H3/b27-12+,28-19+. The second-order valence-electron chi connectivity index (χ2n) is 6.45. The van der Waals surface area contributed by atoms with Crippen LogP contribution in [0, 0.1) is 18.6 Å². The van der Waals surface area contributed by atoms with Crippen molar-refractivity contribution >= 4 is 17.4 Å². The second-order valence-corrected chi connectivity index (χ2v) is 6.45. The van der Waals surface area contributed by atoms with Gasteiger partial charge in [-0.15, -0.1) is 0 Å². The van der Waals surface area contributed by atoms with E-state index in [1.54, 1.807) is 25.1 Å². The number of rotatable bonds is 7. The average molecular weight is 458 g/mol. The van der Waals surface area contributed by atoms with E-state index in [4.69, 9.17) is 4.84 Å². The molecule has 0 spiro atoms. The van der Waals surface area contributed by atoms with Gasteiger partial charge in [-0.05, 0) is 31.5 Å². The highest BCUT2D eigenvalue weighted by atomic mass is 19.4. The number of hydrogen-bond donors (Lipinski definition) is 0. The fourth-order valence-corrected chi connectivity index (χ4v) is 2.84. The van der Waals surface area contributed by atoms with E-state index in [0.717, 1.165) is 14.0 Å². The summed E-state index contributed by atoms with van der Waals surface area (Å²) in [6.07, 6.45) is -5.01. The van der Waals surface area contributed by atoms with Gasteiger partial charge in [-0.1, -0.05) is 28.5 Å². The van der Waals surface area contributed by atoms with Crippen molar-refractivity contribution in [1.82, 2.24) is 0 Å². The Morgan fingerprint density at radius 3 is 2.34 bits per heavy atom. The average Bonchev–Trinajstić information content (AvgIpc) is 2.71. The van der Waals surface area contributed by atoms with Crippen molar-refractivity contribution in [2.24, 2.45) is 10.3 Å². The Morgan fingerprint density at radius 2 is 1.75 bits per heavy atom. The van der Waals surface area contributed by atoms with E-state index < -0.39 is 40.6 Å². The van der Waals surface area contributed by atoms with E-state index in [-0.39, 0.29) is 12.3 Å². The molecule has 0 saturated carbocycles. The van der Waals surface area contributed by atoms with Crippen LogP contribution in [0.1, 0.15) is 34.7 Å². The Labute approximate surface area is 180 Å². The summed E-state index contributed by atoms with van der Waals surface area (Å²) in [4.78, 5) is 21.9. The highest BCUT2D eigenvalue weighted by molar-refractivity contribution is 6.43. The maximum Gasteiger partial charge on any atom is 0.419 e. The largest absolute Gasteiger partial charge is 0.464 e. The van der Waals surface area contributed by atoms with Crippen LogP contribution in [0.25, 0.3) is 0 Å². The van der Waals surface area contributed by atoms with Crippen molar-refractivity contribution in [3.05, 3.63) is 69.8 Å². The molecule has 0 bridgehead atoms. The van der Waals surface area contributed by atoms with E-state index in [1.807, 2.05) is 0 Å². The molecule has 0 aliphatic heterocycles. The van der Waals surface area contributed by atoms with Gasteiger partial charge in [0, 0.05) is 11.1 Å². The van der Waals surface area contributed by atoms with Gasteiger partial charge < -0.3 is 14.4 Å². The third-order valence-corrected chi connectivity index (χ3v) is 4.40. The lowest BCUT2D eigenvalue weighted by Crippen LogP contribution is -2.20. The quantitative estimate of drug-likeness (QED) is 0.260. The molecular weight excluding hydrogens is 439 g/mol. The van der Waals surface area contributed by atoms with Gasteiger partial charge in [0.15, 0.2) is 5.71 Å². The van der Waals surface area contributed by atoms with Crippen molar-refractivity contribution in [1.29, 1.82) is 0 Å². The molecule has 172 valence electrons. The summed E-state index contributed by atoms with van der Waals surface area (Å²) in [5.41, 5.74) is -1.81. The molecule has 2 aromatic rings. The predicted molar refractivity (Wildman–Crippen MR) is 105 cm³/mol. The molecule has 2 aromatic carbocycles. The van der Waals surface area contributed by atoms with Crippen LogP contribution < -0.4 is 0 Å². The molecule has 0 heterocycles. The van der Waals surface area contributed by atoms with Gasteiger partial charge in [0.2, 0.25) is 0 Å². The van der Waals surface area contributed by atoms with Gasteiger partial charge in [-0.2, -0.15) is 13.2 Å². The first-order chi connectivity index (χ1) is 15.0. The van der Waals surface area contributed by atoms with Gasteiger partial charge in [-0.25, -0.2) is 13.6 Å². The molecule has 6 nitrogen and oxygen atoms in total. The number of halogens is 5. The second kappa shape index (κ2) is 10.2. The van der Waals surface area contributed by atoms with Gasteiger partial charge in [0.1, 0.15) is 25.4 Å². The first-order valence-electron chi connectivity index (χ1n) is 9.03. The van der Waals surface area contributed by atoms with E-state index in [1.165, 1.54) is 7.11 Å². The number of carbonyl (C=O) groups excluding carboxylic acids is 1. The number of oxime groups is 2. The summed E-state index contributed by atoms with van der Waals surface area (Å²) in [7, 11) is 2.39. The smallest absolute Gasteiger partial charge is 0.419 e. The number of ether oxygens (including phenoxy) is 1. The van der Waals surface area contributed by atoms with E-state index in [9.17, 15) is 26.7 Å². The van der Waals surface area contributed by atoms with E-state index in [0.29, 0.717) is 28.8 Å². The molecule has 0 aliphatic carbocycles. The monoisotopic (exact) mass is 458 g/mol. The van der Waals surface area contributed by atoms with Crippen LogP contribution in [0.15, 0.2) is 40.6 Å². The number of aryl methyl sites for hydroxylation is 1. The van der Waals surface area contributed by atoms with Crippen LogP contribution in [0.3, 0.4) is 0 Å². The molecule has 0 aliphatic rings. The van der Waals surface area contributed by atoms with E-state index >= 15 is 0 Å². The molecule has 11 heteroatoms. The molecule has 0 aromatic heterocycles. The zero-order chi connectivity index (χ0) is 24.1. The zero-order valence-electron chi connectivity index (χ0n) is 17.5. The van der Waals surface area contributed by atoms with Crippen molar-refractivity contribution in [2.45, 2.75) is 26.6 Å². The Hall–Kier alpha value is -3.50. The van der Waals surface area contributed by atoms with Crippen molar-refractivity contribution < 1.29 is 41.2 Å². The summed E-state index contributed by atoms with van der Waals surface area (Å²) in [5, 5.41) is 7.23. The molecular formula is C21H19F5N2O4. The number of hydrogen-bond acceptors (Lipinski definition) is 6.